The minimum Gasteiger partial charge on any atom is -0.349 e. The third-order valence-electron chi connectivity index (χ3n) is 4.27. The molecule has 0 bridgehead atoms. The molecule has 8 heteroatoms. The van der Waals surface area contributed by atoms with Crippen LogP contribution >= 0.6 is 0 Å². The number of hydrogen-bond donors (Lipinski definition) is 2. The Bertz CT molecular complexity index is 740. The van der Waals surface area contributed by atoms with Crippen LogP contribution in [0.15, 0.2) is 36.7 Å². The molecule has 8 nitrogen and oxygen atoms in total. The Morgan fingerprint density at radius 3 is 2.83 bits per heavy atom. The van der Waals surface area contributed by atoms with Crippen LogP contribution in [0.3, 0.4) is 0 Å². The highest BCUT2D eigenvalue weighted by Gasteiger charge is 2.23. The van der Waals surface area contributed by atoms with Crippen molar-refractivity contribution in [1.29, 1.82) is 0 Å². The van der Waals surface area contributed by atoms with Crippen LogP contribution in [0.1, 0.15) is 23.7 Å². The number of amides is 1. The summed E-state index contributed by atoms with van der Waals surface area (Å²) in [5.41, 5.74) is 1.15. The van der Waals surface area contributed by atoms with Gasteiger partial charge in [-0.2, -0.15) is 5.10 Å². The average molecular weight is 329 g/mol. The maximum Gasteiger partial charge on any atom is 0.269 e. The van der Waals surface area contributed by atoms with Gasteiger partial charge in [-0.15, -0.1) is 0 Å². The van der Waals surface area contributed by atoms with Crippen molar-refractivity contribution in [2.45, 2.75) is 19.4 Å². The van der Waals surface area contributed by atoms with Crippen molar-refractivity contribution < 1.29 is 9.72 Å². The second-order valence-corrected chi connectivity index (χ2v) is 6.00. The van der Waals surface area contributed by atoms with Gasteiger partial charge in [-0.1, -0.05) is 6.92 Å². The van der Waals surface area contributed by atoms with Gasteiger partial charge < -0.3 is 10.6 Å². The molecule has 126 valence electrons. The number of nitrogens with one attached hydrogen (secondary N) is 2. The van der Waals surface area contributed by atoms with Gasteiger partial charge in [0, 0.05) is 24.4 Å². The third kappa shape index (κ3) is 3.43. The molecule has 3 rings (SSSR count). The van der Waals surface area contributed by atoms with Crippen molar-refractivity contribution in [3.63, 3.8) is 0 Å². The lowest BCUT2D eigenvalue weighted by atomic mass is 9.95. The topological polar surface area (TPSA) is 102 Å². The summed E-state index contributed by atoms with van der Waals surface area (Å²) in [7, 11) is 0. The molecular weight excluding hydrogens is 310 g/mol. The highest BCUT2D eigenvalue weighted by Crippen LogP contribution is 2.16. The molecule has 24 heavy (non-hydrogen) atoms. The molecular formula is C16H19N5O3. The first-order chi connectivity index (χ1) is 11.5. The molecule has 1 aliphatic rings. The van der Waals surface area contributed by atoms with Crippen LogP contribution in [0.4, 0.5) is 5.69 Å². The normalized spacial score (nSPS) is 20.5. The number of nitro groups is 1. The number of carbonyl (C=O) groups excluding carboxylic acids is 1. The van der Waals surface area contributed by atoms with Gasteiger partial charge in [0.25, 0.3) is 11.6 Å². The minimum atomic E-state index is -0.452. The molecule has 1 aromatic heterocycles. The Kier molecular flexibility index (Phi) is 4.57. The zero-order valence-corrected chi connectivity index (χ0v) is 13.3. The average Bonchev–Trinajstić information content (AvgIpc) is 3.07. The van der Waals surface area contributed by atoms with E-state index < -0.39 is 4.92 Å². The first kappa shape index (κ1) is 16.1. The largest absolute Gasteiger partial charge is 0.349 e. The summed E-state index contributed by atoms with van der Waals surface area (Å²) in [6, 6.07) is 6.17. The molecule has 0 saturated carbocycles. The SMILES string of the molecule is CC1CNCCC1NC(=O)c1cnn(-c2ccc([N+](=O)[O-])cc2)c1. The summed E-state index contributed by atoms with van der Waals surface area (Å²) in [4.78, 5) is 22.6. The summed E-state index contributed by atoms with van der Waals surface area (Å²) in [6.07, 6.45) is 4.04. The number of carbonyl (C=O) groups is 1. The van der Waals surface area contributed by atoms with Crippen LogP contribution in [-0.2, 0) is 0 Å². The molecule has 1 fully saturated rings. The van der Waals surface area contributed by atoms with Crippen LogP contribution < -0.4 is 10.6 Å². The summed E-state index contributed by atoms with van der Waals surface area (Å²) in [5, 5.41) is 21.2. The van der Waals surface area contributed by atoms with Crippen LogP contribution in [0, 0.1) is 16.0 Å². The lowest BCUT2D eigenvalue weighted by Crippen LogP contribution is -2.48. The number of aromatic nitrogens is 2. The Balaban J connectivity index is 1.70. The van der Waals surface area contributed by atoms with Gasteiger partial charge in [0.15, 0.2) is 0 Å². The number of benzene rings is 1. The molecule has 2 heterocycles. The van der Waals surface area contributed by atoms with Gasteiger partial charge in [-0.25, -0.2) is 4.68 Å². The molecule has 0 aliphatic carbocycles. The Morgan fingerprint density at radius 2 is 2.17 bits per heavy atom. The molecule has 2 N–H and O–H groups in total. The monoisotopic (exact) mass is 329 g/mol. The molecule has 1 saturated heterocycles. The number of hydrogen-bond acceptors (Lipinski definition) is 5. The van der Waals surface area contributed by atoms with Gasteiger partial charge in [0.1, 0.15) is 0 Å². The lowest BCUT2D eigenvalue weighted by Gasteiger charge is -2.30. The second-order valence-electron chi connectivity index (χ2n) is 6.00. The van der Waals surface area contributed by atoms with Gasteiger partial charge in [0.05, 0.1) is 22.4 Å². The van der Waals surface area contributed by atoms with Gasteiger partial charge >= 0.3 is 0 Å². The molecule has 0 spiro atoms. The van der Waals surface area contributed by atoms with Crippen LogP contribution in [0.5, 0.6) is 0 Å². The first-order valence-corrected chi connectivity index (χ1v) is 7.85. The molecule has 2 unspecified atom stereocenters. The van der Waals surface area contributed by atoms with Crippen LogP contribution in [-0.4, -0.2) is 39.7 Å². The van der Waals surface area contributed by atoms with Crippen molar-refractivity contribution in [1.82, 2.24) is 20.4 Å². The maximum absolute atomic E-state index is 12.4. The summed E-state index contributed by atoms with van der Waals surface area (Å²) in [6.45, 7) is 3.90. The Morgan fingerprint density at radius 1 is 1.42 bits per heavy atom. The number of non-ortho nitro benzene ring substituents is 1. The number of nitrogens with zero attached hydrogens (tertiary/aromatic N) is 3. The minimum absolute atomic E-state index is 0.0174. The predicted octanol–water partition coefficient (Wildman–Crippen LogP) is 1.51. The third-order valence-corrected chi connectivity index (χ3v) is 4.27. The van der Waals surface area contributed by atoms with E-state index >= 15 is 0 Å². The summed E-state index contributed by atoms with van der Waals surface area (Å²) < 4.78 is 1.53. The van der Waals surface area contributed by atoms with Crippen LogP contribution in [0.2, 0.25) is 0 Å². The number of nitro benzene ring substituents is 1. The van der Waals surface area contributed by atoms with Crippen molar-refractivity contribution in [2.75, 3.05) is 13.1 Å². The van der Waals surface area contributed by atoms with Gasteiger partial charge in [-0.05, 0) is 37.6 Å². The highest BCUT2D eigenvalue weighted by molar-refractivity contribution is 5.94. The zero-order valence-electron chi connectivity index (χ0n) is 13.3. The fourth-order valence-corrected chi connectivity index (χ4v) is 2.79. The van der Waals surface area contributed by atoms with E-state index in [1.807, 2.05) is 0 Å². The van der Waals surface area contributed by atoms with Crippen molar-refractivity contribution in [2.24, 2.45) is 5.92 Å². The Hall–Kier alpha value is -2.74. The molecule has 1 amide bonds. The van der Waals surface area contributed by atoms with E-state index in [0.717, 1.165) is 19.5 Å². The molecule has 2 atom stereocenters. The predicted molar refractivity (Wildman–Crippen MR) is 88.1 cm³/mol. The van der Waals surface area contributed by atoms with E-state index in [4.69, 9.17) is 0 Å². The van der Waals surface area contributed by atoms with E-state index in [1.165, 1.54) is 23.0 Å². The quantitative estimate of drug-likeness (QED) is 0.654. The molecule has 1 aliphatic heterocycles. The second kappa shape index (κ2) is 6.79. The van der Waals surface area contributed by atoms with Gasteiger partial charge in [-0.3, -0.25) is 14.9 Å². The first-order valence-electron chi connectivity index (χ1n) is 7.85. The number of piperidine rings is 1. The summed E-state index contributed by atoms with van der Waals surface area (Å²) >= 11 is 0. The van der Waals surface area contributed by atoms with Crippen molar-refractivity contribution in [3.8, 4) is 5.69 Å². The number of rotatable bonds is 4. The van der Waals surface area contributed by atoms with Crippen molar-refractivity contribution >= 4 is 11.6 Å². The maximum atomic E-state index is 12.4. The van der Waals surface area contributed by atoms with Crippen molar-refractivity contribution in [3.05, 3.63) is 52.3 Å². The lowest BCUT2D eigenvalue weighted by molar-refractivity contribution is -0.384. The fourth-order valence-electron chi connectivity index (χ4n) is 2.79. The van der Waals surface area contributed by atoms with Crippen LogP contribution in [0.25, 0.3) is 5.69 Å². The smallest absolute Gasteiger partial charge is 0.269 e. The highest BCUT2D eigenvalue weighted by atomic mass is 16.6. The van der Waals surface area contributed by atoms with E-state index in [-0.39, 0.29) is 17.6 Å². The Labute approximate surface area is 139 Å². The molecule has 2 aromatic rings. The molecule has 1 aromatic carbocycles. The van der Waals surface area contributed by atoms with E-state index in [2.05, 4.69) is 22.7 Å². The standard InChI is InChI=1S/C16H19N5O3/c1-11-8-17-7-6-15(11)19-16(22)12-9-18-20(10-12)13-2-4-14(5-3-13)21(23)24/h2-5,9-11,15,17H,6-8H2,1H3,(H,19,22). The summed E-state index contributed by atoms with van der Waals surface area (Å²) in [5.74, 6) is 0.231. The molecule has 0 radical (unpaired) electrons. The van der Waals surface area contributed by atoms with Gasteiger partial charge in [0.2, 0.25) is 0 Å². The van der Waals surface area contributed by atoms with E-state index in [1.54, 1.807) is 18.3 Å². The van der Waals surface area contributed by atoms with E-state index in [0.29, 0.717) is 17.2 Å². The van der Waals surface area contributed by atoms with E-state index in [9.17, 15) is 14.9 Å². The zero-order chi connectivity index (χ0) is 17.1. The fraction of sp³-hybridized carbons (Fsp3) is 0.375.